The number of halogens is 9. The second-order valence-corrected chi connectivity index (χ2v) is 34.9. The van der Waals surface area contributed by atoms with Crippen LogP contribution in [0.15, 0.2) is 375 Å². The third kappa shape index (κ3) is 19.0. The van der Waals surface area contributed by atoms with Gasteiger partial charge in [-0.05, 0) is 234 Å². The highest BCUT2D eigenvalue weighted by molar-refractivity contribution is 9.10. The first kappa shape index (κ1) is 92.9. The number of para-hydroxylation sites is 8. The summed E-state index contributed by atoms with van der Waals surface area (Å²) in [6, 6.07) is 121. The highest BCUT2D eigenvalue weighted by Gasteiger charge is 2.22. The van der Waals surface area contributed by atoms with Gasteiger partial charge in [-0.1, -0.05) is 314 Å². The molecule has 0 amide bonds. The lowest BCUT2D eigenvalue weighted by molar-refractivity contribution is 0.111. The van der Waals surface area contributed by atoms with E-state index < -0.39 is 7.12 Å². The fraction of sp³-hybridized carbons (Fsp3) is 0.0180. The van der Waals surface area contributed by atoms with Gasteiger partial charge < -0.3 is 26.5 Å². The number of pyridine rings is 2. The van der Waals surface area contributed by atoms with E-state index in [9.17, 15) is 9.59 Å². The van der Waals surface area contributed by atoms with Gasteiger partial charge in [0.25, 0.3) is 0 Å². The zero-order valence-corrected chi connectivity index (χ0v) is 76.6. The number of aromatic nitrogens is 6. The number of anilines is 2. The molecule has 133 heavy (non-hydrogen) atoms. The van der Waals surface area contributed by atoms with E-state index in [0.29, 0.717) is 52.6 Å². The Morgan fingerprint density at radius 2 is 0.684 bits per heavy atom. The van der Waals surface area contributed by atoms with Crippen LogP contribution in [0.4, 0.5) is 11.4 Å². The predicted octanol–water partition coefficient (Wildman–Crippen LogP) is 32.4. The number of carbonyl (C=O) groups is 2. The monoisotopic (exact) mass is 1960 g/mol. The average Bonchev–Trinajstić information content (AvgIpc) is 0.940. The van der Waals surface area contributed by atoms with Gasteiger partial charge in [0.2, 0.25) is 0 Å². The van der Waals surface area contributed by atoms with Crippen LogP contribution in [0, 0.1) is 0 Å². The van der Waals surface area contributed by atoms with Crippen molar-refractivity contribution in [3.05, 3.63) is 426 Å². The lowest BCUT2D eigenvalue weighted by atomic mass is 9.80. The first-order chi connectivity index (χ1) is 63.8. The van der Waals surface area contributed by atoms with Crippen molar-refractivity contribution in [1.29, 1.82) is 0 Å². The third-order valence-corrected chi connectivity index (χ3v) is 25.8. The smallest absolute Gasteiger partial charge is 0.423 e. The third-order valence-electron chi connectivity index (χ3n) is 22.7. The summed E-state index contributed by atoms with van der Waals surface area (Å²) in [4.78, 5) is 40.1. The van der Waals surface area contributed by atoms with E-state index >= 15 is 0 Å². The number of aromatic amines is 1. The second kappa shape index (κ2) is 40.8. The normalized spacial score (nSPS) is 11.0. The highest BCUT2D eigenvalue weighted by atomic mass is 79.9. The minimum atomic E-state index is -1.57. The molecule has 0 spiro atoms. The summed E-state index contributed by atoms with van der Waals surface area (Å²) in [6.07, 6.45) is 1.70. The number of hydrogen-bond donors (Lipinski definition) is 5. The van der Waals surface area contributed by atoms with Crippen molar-refractivity contribution in [2.24, 2.45) is 0 Å². The summed E-state index contributed by atoms with van der Waals surface area (Å²) in [5, 5.41) is 40.6. The number of H-pyrrole nitrogens is 1. The number of imidazole rings is 3. The molecule has 5 heterocycles. The van der Waals surface area contributed by atoms with E-state index in [4.69, 9.17) is 129 Å². The van der Waals surface area contributed by atoms with Gasteiger partial charge in [-0.15, -0.1) is 0 Å². The number of fused-ring (bicyclic) bond motifs is 24. The molecular weight excluding hydrogens is 1880 g/mol. The maximum Gasteiger partial charge on any atom is 0.490 e. The number of nitrogens with one attached hydrogen (secondary N) is 1. The molecule has 19 aromatic carbocycles. The van der Waals surface area contributed by atoms with E-state index in [1.807, 2.05) is 158 Å². The zero-order chi connectivity index (χ0) is 90.7. The molecule has 0 bridgehead atoms. The van der Waals surface area contributed by atoms with Crippen molar-refractivity contribution in [2.75, 3.05) is 11.5 Å². The second-order valence-electron chi connectivity index (χ2n) is 30.7. The van der Waals surface area contributed by atoms with Crippen molar-refractivity contribution in [2.45, 2.75) is 14.9 Å². The Bertz CT molecular complexity index is 8330. The maximum absolute atomic E-state index is 11.4. The fourth-order valence-corrected chi connectivity index (χ4v) is 18.8. The number of carbonyl (C=O) groups excluding carboxylic acids is 2. The number of nitrogen functional groups attached to an aromatic ring is 2. The van der Waals surface area contributed by atoms with E-state index in [1.165, 1.54) is 44.5 Å². The summed E-state index contributed by atoms with van der Waals surface area (Å²) in [5.41, 5.74) is 28.5. The summed E-state index contributed by atoms with van der Waals surface area (Å²) < 4.78 is 5.37. The molecule has 0 radical (unpaired) electrons. The molecule has 12 nitrogen and oxygen atoms in total. The van der Waals surface area contributed by atoms with E-state index in [1.54, 1.807) is 42.5 Å². The highest BCUT2D eigenvalue weighted by Crippen LogP contribution is 2.45. The van der Waals surface area contributed by atoms with Crippen LogP contribution in [0.2, 0.25) is 40.2 Å². The molecule has 24 rings (SSSR count). The van der Waals surface area contributed by atoms with E-state index in [-0.39, 0.29) is 20.3 Å². The molecule has 7 N–H and O–H groups in total. The molecule has 0 atom stereocenters. The Hall–Kier alpha value is -13.4. The van der Waals surface area contributed by atoms with Crippen molar-refractivity contribution in [1.82, 2.24) is 28.7 Å². The quantitative estimate of drug-likeness (QED) is 0.0467. The van der Waals surface area contributed by atoms with Crippen LogP contribution in [0.5, 0.6) is 0 Å². The van der Waals surface area contributed by atoms with Gasteiger partial charge in [-0.25, -0.2) is 15.0 Å². The molecule has 0 saturated carbocycles. The van der Waals surface area contributed by atoms with Gasteiger partial charge in [-0.2, -0.15) is 0 Å². The molecule has 0 fully saturated rings. The van der Waals surface area contributed by atoms with Gasteiger partial charge in [-0.3, -0.25) is 18.4 Å². The SMILES string of the molecule is C.C.Clc1ccc(Cl)c(-c2c(-c3nc4ccccc4[nH]3)ccc3ccccc23)c1.Clc1ccc2c(c1)c1c3ccccc3ccc1c1nc3ccccc3n21.Clc1ccc2c(c1)c1c3ccccc3ccc1c1nc3ccccc3n21.Nc1ccccc1N.O=Cc1ccc2ccccc2c1-c1cc(Cl)ccc1Cl.O=Cc1ccc2ccccc2c1Br.OB(O)c1cc(Cl)ccc1Cl. The molecule has 0 aliphatic rings. The Morgan fingerprint density at radius 3 is 1.16 bits per heavy atom. The van der Waals surface area contributed by atoms with E-state index in [0.717, 1.165) is 170 Å². The maximum atomic E-state index is 11.4. The predicted molar refractivity (Wildman–Crippen MR) is 572 cm³/mol. The minimum Gasteiger partial charge on any atom is -0.423 e. The molecule has 24 aromatic rings. The first-order valence-corrected chi connectivity index (χ1v) is 45.1. The van der Waals surface area contributed by atoms with Gasteiger partial charge in [0, 0.05) is 121 Å². The van der Waals surface area contributed by atoms with Crippen LogP contribution < -0.4 is 16.9 Å². The van der Waals surface area contributed by atoms with Crippen molar-refractivity contribution in [3.63, 3.8) is 0 Å². The Labute approximate surface area is 814 Å². The molecular formula is C111H78BBrCl8N8O4. The number of nitrogens with zero attached hydrogens (tertiary/aromatic N) is 5. The summed E-state index contributed by atoms with van der Waals surface area (Å²) >= 11 is 52.6. The minimum absolute atomic E-state index is 0. The van der Waals surface area contributed by atoms with Crippen LogP contribution in [0.25, 0.3) is 175 Å². The van der Waals surface area contributed by atoms with E-state index in [2.05, 4.69) is 187 Å². The van der Waals surface area contributed by atoms with Gasteiger partial charge >= 0.3 is 7.12 Å². The number of hydrogen-bond acceptors (Lipinski definition) is 9. The zero-order valence-electron chi connectivity index (χ0n) is 69.0. The largest absolute Gasteiger partial charge is 0.490 e. The van der Waals surface area contributed by atoms with Crippen LogP contribution >= 0.6 is 109 Å². The van der Waals surface area contributed by atoms with Crippen LogP contribution in [0.3, 0.4) is 0 Å². The first-order valence-electron chi connectivity index (χ1n) is 41.3. The molecule has 0 aliphatic carbocycles. The van der Waals surface area contributed by atoms with Gasteiger partial charge in [0.05, 0.1) is 55.5 Å². The standard InChI is InChI=1S/C23H14Cl2N2.2C23H13ClN2.C17H10Cl2O.C11H7BrO.C6H5BCl2O2.C6H8N2.2CH4/c24-15-10-12-19(25)18(13-15)22-16-6-2-1-5-14(16)9-11-17(22)23-26-20-7-3-4-8-21(20)27-23;2*24-15-10-12-20-18(13-15)22-16-6-2-1-5-14(16)9-11-17(22)23-25-19-7-3-4-8-21(19)26(20)23;18-13-7-8-16(19)15(9-13)17-12(10-20)6-5-11-3-1-2-4-14(11)17;12-11-9(7-13)6-5-8-3-1-2-4-10(8)11;8-4-1-2-6(9)5(3-4)7(10)11;7-5-3-1-2-4-6(5)8;;/h1-13H,(H,26,27);2*1-13H;1-10H;1-7H;1-3,10-11H;1-4H,7-8H2;2*1H4. The lowest BCUT2D eigenvalue weighted by Gasteiger charge is -2.14. The Kier molecular flexibility index (Phi) is 28.5. The van der Waals surface area contributed by atoms with Gasteiger partial charge in [0.15, 0.2) is 12.6 Å². The number of benzene rings is 19. The fourth-order valence-electron chi connectivity index (χ4n) is 16.7. The van der Waals surface area contributed by atoms with Crippen molar-refractivity contribution in [3.8, 4) is 33.6 Å². The van der Waals surface area contributed by atoms with Crippen LogP contribution in [-0.4, -0.2) is 58.5 Å². The molecule has 0 unspecified atom stereocenters. The molecule has 652 valence electrons. The molecule has 0 saturated heterocycles. The van der Waals surface area contributed by atoms with Crippen molar-refractivity contribution < 1.29 is 19.6 Å². The van der Waals surface area contributed by atoms with Crippen molar-refractivity contribution >= 4 is 287 Å². The number of nitrogens with two attached hydrogens (primary N) is 2. The molecule has 5 aromatic heterocycles. The summed E-state index contributed by atoms with van der Waals surface area (Å²) in [6.45, 7) is 0. The topological polar surface area (TPSA) is 190 Å². The summed E-state index contributed by atoms with van der Waals surface area (Å²) in [7, 11) is -1.57. The Morgan fingerprint density at radius 1 is 0.316 bits per heavy atom. The molecule has 22 heteroatoms. The van der Waals surface area contributed by atoms with Crippen LogP contribution in [-0.2, 0) is 0 Å². The Balaban J connectivity index is 0.000000116. The number of rotatable bonds is 6. The number of aldehydes is 2. The molecule has 0 aliphatic heterocycles. The average molecular weight is 1960 g/mol. The lowest BCUT2D eigenvalue weighted by Crippen LogP contribution is -2.30. The van der Waals surface area contributed by atoms with Gasteiger partial charge in [0.1, 0.15) is 17.1 Å². The summed E-state index contributed by atoms with van der Waals surface area (Å²) in [5.74, 6) is 0.813. The van der Waals surface area contributed by atoms with Crippen LogP contribution in [0.1, 0.15) is 35.6 Å².